The molecule has 0 fully saturated rings. The van der Waals surface area contributed by atoms with E-state index in [1.54, 1.807) is 36.4 Å². The normalized spacial score (nSPS) is 11.1. The van der Waals surface area contributed by atoms with Crippen molar-refractivity contribution in [3.05, 3.63) is 88.7 Å². The Labute approximate surface area is 198 Å². The first-order valence-electron chi connectivity index (χ1n) is 10.3. The molecule has 3 aromatic rings. The van der Waals surface area contributed by atoms with Gasteiger partial charge in [0.05, 0.1) is 19.1 Å². The number of benzene rings is 3. The number of nitrogens with one attached hydrogen (secondary N) is 1. The zero-order chi connectivity index (χ0) is 25.6. The maximum Gasteiger partial charge on any atom is 0.419 e. The second-order valence-electron chi connectivity index (χ2n) is 7.54. The second-order valence-corrected chi connectivity index (χ2v) is 7.54. The van der Waals surface area contributed by atoms with Crippen LogP contribution in [0.25, 0.3) is 11.1 Å². The van der Waals surface area contributed by atoms with Gasteiger partial charge in [0.2, 0.25) is 0 Å². The topological polar surface area (TPSA) is 84.9 Å². The molecule has 3 rings (SSSR count). The summed E-state index contributed by atoms with van der Waals surface area (Å²) in [6.45, 7) is -0.416. The van der Waals surface area contributed by atoms with Crippen LogP contribution in [-0.2, 0) is 35.3 Å². The molecule has 0 atom stereocenters. The number of carboxylic acid groups (broad SMARTS) is 1. The number of hydrogen-bond donors (Lipinski definition) is 2. The molecule has 2 N–H and O–H groups in total. The number of halogens is 4. The summed E-state index contributed by atoms with van der Waals surface area (Å²) in [7, 11) is 1.46. The Balaban J connectivity index is 1.65. The van der Waals surface area contributed by atoms with Crippen LogP contribution < -0.4 is 10.1 Å². The Bertz CT molecular complexity index is 1230. The highest BCUT2D eigenvalue weighted by Gasteiger charge is 2.33. The lowest BCUT2D eigenvalue weighted by Crippen LogP contribution is -2.24. The number of carboxylic acids is 1. The molecule has 0 aliphatic heterocycles. The molecule has 0 saturated carbocycles. The highest BCUT2D eigenvalue weighted by atomic mass is 19.4. The summed E-state index contributed by atoms with van der Waals surface area (Å²) >= 11 is 0. The number of carbonyl (C=O) groups is 2. The fourth-order valence-corrected chi connectivity index (χ4v) is 3.38. The molecule has 184 valence electrons. The first-order chi connectivity index (χ1) is 16.6. The highest BCUT2D eigenvalue weighted by Crippen LogP contribution is 2.32. The average molecular weight is 491 g/mol. The SMILES string of the molecule is COc1ccc(-c2cccc(CC(=O)O)c2)cc1CNC(=O)OCc1ccc(C(F)(F)F)c(F)c1. The lowest BCUT2D eigenvalue weighted by atomic mass is 9.99. The van der Waals surface area contributed by atoms with E-state index in [9.17, 15) is 27.2 Å². The van der Waals surface area contributed by atoms with Crippen molar-refractivity contribution in [1.82, 2.24) is 5.32 Å². The Kier molecular flexibility index (Phi) is 7.95. The molecule has 0 radical (unpaired) electrons. The number of amides is 1. The van der Waals surface area contributed by atoms with Crippen molar-refractivity contribution in [2.75, 3.05) is 7.11 Å². The lowest BCUT2D eigenvalue weighted by Gasteiger charge is -2.13. The summed E-state index contributed by atoms with van der Waals surface area (Å²) < 4.78 is 61.9. The summed E-state index contributed by atoms with van der Waals surface area (Å²) in [5.41, 5.74) is 1.44. The lowest BCUT2D eigenvalue weighted by molar-refractivity contribution is -0.140. The summed E-state index contributed by atoms with van der Waals surface area (Å²) in [6.07, 6.45) is -5.79. The average Bonchev–Trinajstić information content (AvgIpc) is 2.80. The number of alkyl halides is 3. The van der Waals surface area contributed by atoms with Gasteiger partial charge in [-0.15, -0.1) is 0 Å². The largest absolute Gasteiger partial charge is 0.496 e. The molecule has 10 heteroatoms. The third kappa shape index (κ3) is 6.95. The fraction of sp³-hybridized carbons (Fsp3) is 0.200. The van der Waals surface area contributed by atoms with E-state index < -0.39 is 36.2 Å². The van der Waals surface area contributed by atoms with Crippen molar-refractivity contribution in [2.45, 2.75) is 25.7 Å². The third-order valence-electron chi connectivity index (χ3n) is 5.03. The van der Waals surface area contributed by atoms with E-state index in [1.807, 2.05) is 6.07 Å². The highest BCUT2D eigenvalue weighted by molar-refractivity contribution is 5.73. The van der Waals surface area contributed by atoms with E-state index in [0.29, 0.717) is 29.0 Å². The van der Waals surface area contributed by atoms with Crippen molar-refractivity contribution >= 4 is 12.1 Å². The van der Waals surface area contributed by atoms with Crippen molar-refractivity contribution < 1.29 is 41.7 Å². The molecular weight excluding hydrogens is 470 g/mol. The van der Waals surface area contributed by atoms with Crippen LogP contribution in [0.3, 0.4) is 0 Å². The Morgan fingerprint density at radius 2 is 1.71 bits per heavy atom. The number of carbonyl (C=O) groups excluding carboxylic acids is 1. The molecule has 0 spiro atoms. The van der Waals surface area contributed by atoms with Crippen LogP contribution in [0.5, 0.6) is 5.75 Å². The van der Waals surface area contributed by atoms with Gasteiger partial charge in [-0.2, -0.15) is 13.2 Å². The zero-order valence-electron chi connectivity index (χ0n) is 18.5. The monoisotopic (exact) mass is 491 g/mol. The smallest absolute Gasteiger partial charge is 0.419 e. The van der Waals surface area contributed by atoms with Gasteiger partial charge < -0.3 is 19.9 Å². The molecule has 0 aliphatic rings. The van der Waals surface area contributed by atoms with Crippen LogP contribution in [0.2, 0.25) is 0 Å². The predicted molar refractivity (Wildman–Crippen MR) is 118 cm³/mol. The van der Waals surface area contributed by atoms with Crippen LogP contribution in [0.4, 0.5) is 22.4 Å². The minimum absolute atomic E-state index is 0.00599. The number of aliphatic carboxylic acids is 1. The first kappa shape index (κ1) is 25.5. The van der Waals surface area contributed by atoms with E-state index in [2.05, 4.69) is 5.32 Å². The Hall–Kier alpha value is -4.08. The molecule has 3 aromatic carbocycles. The van der Waals surface area contributed by atoms with Crippen molar-refractivity contribution in [2.24, 2.45) is 0 Å². The van der Waals surface area contributed by atoms with E-state index in [-0.39, 0.29) is 18.5 Å². The van der Waals surface area contributed by atoms with E-state index in [1.165, 1.54) is 7.11 Å². The minimum Gasteiger partial charge on any atom is -0.496 e. The van der Waals surface area contributed by atoms with Gasteiger partial charge in [0.1, 0.15) is 18.2 Å². The van der Waals surface area contributed by atoms with Gasteiger partial charge >= 0.3 is 18.2 Å². The number of alkyl carbamates (subject to hydrolysis) is 1. The molecule has 35 heavy (non-hydrogen) atoms. The number of methoxy groups -OCH3 is 1. The number of rotatable bonds is 8. The van der Waals surface area contributed by atoms with Gasteiger partial charge in [-0.3, -0.25) is 4.79 Å². The van der Waals surface area contributed by atoms with Gasteiger partial charge in [-0.05, 0) is 46.5 Å². The van der Waals surface area contributed by atoms with E-state index >= 15 is 0 Å². The first-order valence-corrected chi connectivity index (χ1v) is 10.3. The molecular formula is C25H21F4NO5. The van der Waals surface area contributed by atoms with Gasteiger partial charge in [0, 0.05) is 12.1 Å². The van der Waals surface area contributed by atoms with Gasteiger partial charge in [0.15, 0.2) is 0 Å². The summed E-state index contributed by atoms with van der Waals surface area (Å²) in [5, 5.41) is 11.5. The van der Waals surface area contributed by atoms with Crippen LogP contribution in [0, 0.1) is 5.82 Å². The van der Waals surface area contributed by atoms with E-state index in [0.717, 1.165) is 17.2 Å². The van der Waals surface area contributed by atoms with Crippen LogP contribution in [-0.4, -0.2) is 24.3 Å². The molecule has 0 heterocycles. The molecule has 1 amide bonds. The van der Waals surface area contributed by atoms with Crippen molar-refractivity contribution in [3.8, 4) is 16.9 Å². The van der Waals surface area contributed by atoms with Gasteiger partial charge in [-0.1, -0.05) is 36.4 Å². The molecule has 0 aromatic heterocycles. The summed E-state index contributed by atoms with van der Waals surface area (Å²) in [5.74, 6) is -1.91. The van der Waals surface area contributed by atoms with Gasteiger partial charge in [-0.25, -0.2) is 9.18 Å². The summed E-state index contributed by atoms with van der Waals surface area (Å²) in [6, 6.07) is 14.6. The molecule has 0 saturated heterocycles. The van der Waals surface area contributed by atoms with Crippen LogP contribution >= 0.6 is 0 Å². The van der Waals surface area contributed by atoms with Crippen molar-refractivity contribution in [1.29, 1.82) is 0 Å². The standard InChI is InChI=1S/C25H21F4NO5/c1-34-22-8-6-18(17-4-2-3-15(9-17)11-23(31)32)12-19(22)13-30-24(33)35-14-16-5-7-20(21(26)10-16)25(27,28)29/h2-10,12H,11,13-14H2,1H3,(H,30,33)(H,31,32). The number of hydrogen-bond acceptors (Lipinski definition) is 4. The Morgan fingerprint density at radius 3 is 2.37 bits per heavy atom. The van der Waals surface area contributed by atoms with Crippen LogP contribution in [0.15, 0.2) is 60.7 Å². The second kappa shape index (κ2) is 10.9. The Morgan fingerprint density at radius 1 is 0.971 bits per heavy atom. The maximum atomic E-state index is 13.7. The molecule has 0 aliphatic carbocycles. The predicted octanol–water partition coefficient (Wildman–Crippen LogP) is 5.57. The fourth-order valence-electron chi connectivity index (χ4n) is 3.38. The summed E-state index contributed by atoms with van der Waals surface area (Å²) in [4.78, 5) is 23.1. The third-order valence-corrected chi connectivity index (χ3v) is 5.03. The number of ether oxygens (including phenoxy) is 2. The van der Waals surface area contributed by atoms with E-state index in [4.69, 9.17) is 14.6 Å². The van der Waals surface area contributed by atoms with Gasteiger partial charge in [0.25, 0.3) is 0 Å². The quantitative estimate of drug-likeness (QED) is 0.403. The zero-order valence-corrected chi connectivity index (χ0v) is 18.5. The molecule has 6 nitrogen and oxygen atoms in total. The minimum atomic E-state index is -4.81. The van der Waals surface area contributed by atoms with Crippen molar-refractivity contribution in [3.63, 3.8) is 0 Å². The molecule has 0 unspecified atom stereocenters. The van der Waals surface area contributed by atoms with Crippen LogP contribution in [0.1, 0.15) is 22.3 Å². The maximum absolute atomic E-state index is 13.7. The molecule has 0 bridgehead atoms.